The maximum absolute atomic E-state index is 2.40. The molecular formula is C46H31N. The lowest BCUT2D eigenvalue weighted by atomic mass is 9.96. The van der Waals surface area contributed by atoms with Gasteiger partial charge in [0.1, 0.15) is 0 Å². The van der Waals surface area contributed by atoms with Gasteiger partial charge in [-0.25, -0.2) is 0 Å². The molecule has 9 aromatic carbocycles. The molecule has 47 heavy (non-hydrogen) atoms. The Morgan fingerprint density at radius 3 is 1.68 bits per heavy atom. The van der Waals surface area contributed by atoms with Crippen molar-refractivity contribution in [3.63, 3.8) is 0 Å². The molecule has 0 aliphatic heterocycles. The molecule has 0 amide bonds. The molecule has 0 unspecified atom stereocenters. The third-order valence-electron chi connectivity index (χ3n) is 9.42. The van der Waals surface area contributed by atoms with Crippen molar-refractivity contribution in [1.29, 1.82) is 0 Å². The van der Waals surface area contributed by atoms with Gasteiger partial charge in [0.15, 0.2) is 0 Å². The van der Waals surface area contributed by atoms with Crippen LogP contribution < -0.4 is 4.90 Å². The zero-order valence-corrected chi connectivity index (χ0v) is 25.8. The van der Waals surface area contributed by atoms with Gasteiger partial charge in [-0.2, -0.15) is 0 Å². The highest BCUT2D eigenvalue weighted by atomic mass is 15.1. The minimum atomic E-state index is 1.11. The second-order valence-electron chi connectivity index (χ2n) is 12.2. The van der Waals surface area contributed by atoms with Crippen LogP contribution in [0.3, 0.4) is 0 Å². The van der Waals surface area contributed by atoms with Crippen LogP contribution in [0.1, 0.15) is 0 Å². The molecule has 0 fully saturated rings. The van der Waals surface area contributed by atoms with E-state index < -0.39 is 0 Å². The van der Waals surface area contributed by atoms with Crippen LogP contribution in [0.5, 0.6) is 0 Å². The van der Waals surface area contributed by atoms with E-state index >= 15 is 0 Å². The minimum Gasteiger partial charge on any atom is -0.310 e. The van der Waals surface area contributed by atoms with E-state index in [1.807, 2.05) is 0 Å². The molecule has 0 aliphatic carbocycles. The number of benzene rings is 9. The van der Waals surface area contributed by atoms with Crippen LogP contribution in [0.25, 0.3) is 65.3 Å². The molecule has 0 spiro atoms. The summed E-state index contributed by atoms with van der Waals surface area (Å²) < 4.78 is 0. The Morgan fingerprint density at radius 1 is 0.277 bits per heavy atom. The molecule has 0 saturated heterocycles. The first-order valence-corrected chi connectivity index (χ1v) is 16.2. The van der Waals surface area contributed by atoms with Crippen LogP contribution in [0.15, 0.2) is 188 Å². The Kier molecular flexibility index (Phi) is 6.54. The average Bonchev–Trinajstić information content (AvgIpc) is 3.15. The van der Waals surface area contributed by atoms with E-state index in [0.29, 0.717) is 0 Å². The molecule has 0 saturated carbocycles. The van der Waals surface area contributed by atoms with Crippen molar-refractivity contribution in [1.82, 2.24) is 0 Å². The van der Waals surface area contributed by atoms with E-state index in [9.17, 15) is 0 Å². The number of fused-ring (bicyclic) bond motifs is 6. The Hall–Kier alpha value is -6.18. The summed E-state index contributed by atoms with van der Waals surface area (Å²) in [6.45, 7) is 0. The summed E-state index contributed by atoms with van der Waals surface area (Å²) in [5.41, 5.74) is 8.19. The Labute approximate surface area is 274 Å². The summed E-state index contributed by atoms with van der Waals surface area (Å²) in [5, 5.41) is 10.1. The van der Waals surface area contributed by atoms with E-state index in [1.165, 1.54) is 65.3 Å². The van der Waals surface area contributed by atoms with Crippen LogP contribution in [0.4, 0.5) is 17.1 Å². The van der Waals surface area contributed by atoms with E-state index in [4.69, 9.17) is 0 Å². The Balaban J connectivity index is 1.20. The highest BCUT2D eigenvalue weighted by Gasteiger charge is 2.18. The van der Waals surface area contributed by atoms with Gasteiger partial charge in [-0.1, -0.05) is 152 Å². The molecule has 9 rings (SSSR count). The molecule has 1 nitrogen and oxygen atoms in total. The van der Waals surface area contributed by atoms with Gasteiger partial charge in [0.2, 0.25) is 0 Å². The summed E-state index contributed by atoms with van der Waals surface area (Å²) in [4.78, 5) is 2.40. The van der Waals surface area contributed by atoms with E-state index in [1.54, 1.807) is 0 Å². The summed E-state index contributed by atoms with van der Waals surface area (Å²) in [6, 6.07) is 68.3. The first-order valence-electron chi connectivity index (χ1n) is 16.2. The molecule has 0 heterocycles. The number of para-hydroxylation sites is 1. The van der Waals surface area contributed by atoms with Crippen molar-refractivity contribution >= 4 is 60.2 Å². The van der Waals surface area contributed by atoms with Gasteiger partial charge in [0, 0.05) is 16.9 Å². The molecule has 9 aromatic rings. The molecular weight excluding hydrogens is 567 g/mol. The maximum Gasteiger partial charge on any atom is 0.0540 e. The molecule has 0 aliphatic rings. The van der Waals surface area contributed by atoms with Gasteiger partial charge < -0.3 is 4.90 Å². The highest BCUT2D eigenvalue weighted by molar-refractivity contribution is 6.17. The molecule has 0 bridgehead atoms. The van der Waals surface area contributed by atoms with Gasteiger partial charge in [0.05, 0.1) is 5.69 Å². The van der Waals surface area contributed by atoms with Gasteiger partial charge in [-0.15, -0.1) is 0 Å². The number of hydrogen-bond acceptors (Lipinski definition) is 1. The first-order chi connectivity index (χ1) is 23.3. The Bertz CT molecular complexity index is 2560. The predicted molar refractivity (Wildman–Crippen MR) is 202 cm³/mol. The fourth-order valence-corrected chi connectivity index (χ4v) is 7.09. The smallest absolute Gasteiger partial charge is 0.0540 e. The van der Waals surface area contributed by atoms with Crippen molar-refractivity contribution in [2.24, 2.45) is 0 Å². The highest BCUT2D eigenvalue weighted by Crippen LogP contribution is 2.43. The third-order valence-corrected chi connectivity index (χ3v) is 9.42. The summed E-state index contributed by atoms with van der Waals surface area (Å²) in [5.74, 6) is 0. The number of rotatable bonds is 5. The second kappa shape index (κ2) is 11.3. The number of anilines is 3. The van der Waals surface area contributed by atoms with Crippen LogP contribution >= 0.6 is 0 Å². The van der Waals surface area contributed by atoms with Crippen LogP contribution in [0, 0.1) is 0 Å². The fourth-order valence-electron chi connectivity index (χ4n) is 7.09. The summed E-state index contributed by atoms with van der Waals surface area (Å²) in [6.07, 6.45) is 0. The number of nitrogens with zero attached hydrogens (tertiary/aromatic N) is 1. The lowest BCUT2D eigenvalue weighted by Crippen LogP contribution is -2.11. The minimum absolute atomic E-state index is 1.11. The topological polar surface area (TPSA) is 3.24 Å². The molecule has 0 radical (unpaired) electrons. The van der Waals surface area contributed by atoms with E-state index in [0.717, 1.165) is 17.1 Å². The fraction of sp³-hybridized carbons (Fsp3) is 0. The standard InChI is InChI=1S/C46H31N/c1-2-11-34(12-3-1)43-16-8-9-17-46(43)47(39-24-20-33(21-25-39)37-19-18-32-10-4-5-14-36(32)30-37)40-26-29-42-38(31-40)23-28-44-41-15-7-6-13-35(41)22-27-45(42)44/h1-31H. The van der Waals surface area contributed by atoms with Crippen molar-refractivity contribution in [2.75, 3.05) is 4.90 Å². The normalized spacial score (nSPS) is 11.4. The zero-order chi connectivity index (χ0) is 31.2. The predicted octanol–water partition coefficient (Wildman–Crippen LogP) is 13.1. The molecule has 1 heteroatoms. The van der Waals surface area contributed by atoms with Crippen LogP contribution in [-0.2, 0) is 0 Å². The molecule has 0 aromatic heterocycles. The third kappa shape index (κ3) is 4.81. The average molecular weight is 598 g/mol. The lowest BCUT2D eigenvalue weighted by molar-refractivity contribution is 1.29. The summed E-state index contributed by atoms with van der Waals surface area (Å²) >= 11 is 0. The monoisotopic (exact) mass is 597 g/mol. The molecule has 0 N–H and O–H groups in total. The Morgan fingerprint density at radius 2 is 0.851 bits per heavy atom. The van der Waals surface area contributed by atoms with E-state index in [2.05, 4.69) is 193 Å². The first kappa shape index (κ1) is 27.2. The van der Waals surface area contributed by atoms with Gasteiger partial charge in [-0.05, 0) is 96.2 Å². The quantitative estimate of drug-likeness (QED) is 0.178. The van der Waals surface area contributed by atoms with E-state index in [-0.39, 0.29) is 0 Å². The zero-order valence-electron chi connectivity index (χ0n) is 25.8. The largest absolute Gasteiger partial charge is 0.310 e. The van der Waals surface area contributed by atoms with Gasteiger partial charge in [-0.3, -0.25) is 0 Å². The lowest BCUT2D eigenvalue weighted by Gasteiger charge is -2.28. The van der Waals surface area contributed by atoms with Crippen molar-refractivity contribution in [3.05, 3.63) is 188 Å². The molecule has 0 atom stereocenters. The van der Waals surface area contributed by atoms with Crippen LogP contribution in [0.2, 0.25) is 0 Å². The SMILES string of the molecule is c1ccc(-c2ccccc2N(c2ccc(-c3ccc4ccccc4c3)cc2)c2ccc3c(ccc4c5ccccc5ccc34)c2)cc1. The van der Waals surface area contributed by atoms with Crippen LogP contribution in [-0.4, -0.2) is 0 Å². The van der Waals surface area contributed by atoms with Crippen molar-refractivity contribution in [3.8, 4) is 22.3 Å². The van der Waals surface area contributed by atoms with Crippen molar-refractivity contribution < 1.29 is 0 Å². The number of hydrogen-bond donors (Lipinski definition) is 0. The maximum atomic E-state index is 2.40. The summed E-state index contributed by atoms with van der Waals surface area (Å²) in [7, 11) is 0. The van der Waals surface area contributed by atoms with Crippen molar-refractivity contribution in [2.45, 2.75) is 0 Å². The molecule has 220 valence electrons. The van der Waals surface area contributed by atoms with Gasteiger partial charge >= 0.3 is 0 Å². The second-order valence-corrected chi connectivity index (χ2v) is 12.2. The van der Waals surface area contributed by atoms with Gasteiger partial charge in [0.25, 0.3) is 0 Å².